The molecule has 6 fully saturated rings. The van der Waals surface area contributed by atoms with Crippen molar-refractivity contribution < 1.29 is 28.8 Å². The summed E-state index contributed by atoms with van der Waals surface area (Å²) in [6.07, 6.45) is 14.5. The van der Waals surface area contributed by atoms with Gasteiger partial charge in [0.25, 0.3) is 0 Å². The summed E-state index contributed by atoms with van der Waals surface area (Å²) in [5, 5.41) is 0. The van der Waals surface area contributed by atoms with Gasteiger partial charge in [0.15, 0.2) is 0 Å². The van der Waals surface area contributed by atoms with E-state index in [2.05, 4.69) is 27.7 Å². The molecule has 58 heavy (non-hydrogen) atoms. The Morgan fingerprint density at radius 2 is 0.655 bits per heavy atom. The number of carbonyl (C=O) groups is 6. The summed E-state index contributed by atoms with van der Waals surface area (Å²) >= 11 is 0. The highest BCUT2D eigenvalue weighted by molar-refractivity contribution is 5.85. The molecule has 338 valence electrons. The van der Waals surface area contributed by atoms with Crippen molar-refractivity contribution in [2.75, 3.05) is 52.4 Å². The summed E-state index contributed by atoms with van der Waals surface area (Å²) in [7, 11) is 0. The standard InChI is InChI=1S/C9H17NO.2C8H15NO.C8H14O.C7H13NO.C7H12O.CH4/c1-8(2)7-9(11)10-5-3-4-6-10;1-7(2)6-8(10)9-4-3-5-9;1-7(2)8(10)9-5-3-4-6-9;1-6(2)8(9)7-4-3-5-7;1-6(2)7(9)8-4-3-5-8;1-5(2)7(8)6-3-4-6;/h8H,3-7H2,1-2H3;2*7H,3-6H2,1-2H3;6-7H,3-5H2,1-2H3;6H,3-5H2,1-2H3;5-6H,3-4H2,1-2H3;1H4. The molecule has 0 aromatic carbocycles. The van der Waals surface area contributed by atoms with Crippen LogP contribution in [0.4, 0.5) is 0 Å². The molecule has 10 nitrogen and oxygen atoms in total. The maximum Gasteiger partial charge on any atom is 0.225 e. The Hall–Kier alpha value is -2.78. The van der Waals surface area contributed by atoms with E-state index in [0.717, 1.165) is 90.9 Å². The quantitative estimate of drug-likeness (QED) is 0.217. The Morgan fingerprint density at radius 1 is 0.379 bits per heavy atom. The molecule has 6 rings (SSSR count). The lowest BCUT2D eigenvalue weighted by Crippen LogP contribution is -2.44. The molecule has 2 aliphatic carbocycles. The second-order valence-corrected chi connectivity index (χ2v) is 19.1. The van der Waals surface area contributed by atoms with Crippen LogP contribution in [-0.4, -0.2) is 107 Å². The van der Waals surface area contributed by atoms with Crippen molar-refractivity contribution in [3.05, 3.63) is 0 Å². The van der Waals surface area contributed by atoms with Gasteiger partial charge in [-0.2, -0.15) is 0 Å². The smallest absolute Gasteiger partial charge is 0.225 e. The van der Waals surface area contributed by atoms with Crippen molar-refractivity contribution in [2.24, 2.45) is 47.3 Å². The van der Waals surface area contributed by atoms with E-state index < -0.39 is 0 Å². The molecule has 0 unspecified atom stereocenters. The largest absolute Gasteiger partial charge is 0.343 e. The van der Waals surface area contributed by atoms with Gasteiger partial charge in [0.2, 0.25) is 23.6 Å². The van der Waals surface area contributed by atoms with Gasteiger partial charge in [0, 0.05) is 101 Å². The average Bonchev–Trinajstić information content (AvgIpc) is 3.47. The van der Waals surface area contributed by atoms with Crippen LogP contribution in [0.3, 0.4) is 0 Å². The zero-order valence-electron chi connectivity index (χ0n) is 38.7. The van der Waals surface area contributed by atoms with Crippen LogP contribution in [-0.2, 0) is 28.8 Å². The van der Waals surface area contributed by atoms with E-state index in [9.17, 15) is 28.8 Å². The van der Waals surface area contributed by atoms with E-state index in [0.29, 0.717) is 58.9 Å². The minimum Gasteiger partial charge on any atom is -0.343 e. The minimum atomic E-state index is 0. The van der Waals surface area contributed by atoms with Gasteiger partial charge in [0.1, 0.15) is 11.6 Å². The van der Waals surface area contributed by atoms with Gasteiger partial charge in [0.05, 0.1) is 0 Å². The van der Waals surface area contributed by atoms with Gasteiger partial charge in [-0.3, -0.25) is 28.8 Å². The zero-order valence-corrected chi connectivity index (χ0v) is 38.7. The fourth-order valence-electron chi connectivity index (χ4n) is 6.70. The second kappa shape index (κ2) is 29.4. The molecule has 10 heteroatoms. The van der Waals surface area contributed by atoms with Crippen molar-refractivity contribution in [1.29, 1.82) is 0 Å². The van der Waals surface area contributed by atoms with Crippen LogP contribution >= 0.6 is 0 Å². The molecular weight excluding hydrogens is 729 g/mol. The van der Waals surface area contributed by atoms with Crippen molar-refractivity contribution in [3.8, 4) is 0 Å². The molecular formula is C48H90N4O6. The fraction of sp³-hybridized carbons (Fsp3) is 0.875. The monoisotopic (exact) mass is 819 g/mol. The molecule has 4 saturated heterocycles. The molecule has 4 aliphatic heterocycles. The van der Waals surface area contributed by atoms with Crippen molar-refractivity contribution in [2.45, 2.75) is 174 Å². The highest BCUT2D eigenvalue weighted by Gasteiger charge is 2.31. The highest BCUT2D eigenvalue weighted by atomic mass is 16.2. The molecule has 0 atom stereocenters. The number of hydrogen-bond donors (Lipinski definition) is 0. The average molecular weight is 819 g/mol. The Bertz CT molecular complexity index is 1170. The van der Waals surface area contributed by atoms with E-state index in [1.54, 1.807) is 0 Å². The number of Topliss-reactive ketones (excluding diaryl/α,β-unsaturated/α-hetero) is 2. The topological polar surface area (TPSA) is 115 Å². The first-order valence-electron chi connectivity index (χ1n) is 23.0. The van der Waals surface area contributed by atoms with Gasteiger partial charge in [-0.15, -0.1) is 0 Å². The molecule has 0 spiro atoms. The van der Waals surface area contributed by atoms with Crippen LogP contribution in [0, 0.1) is 47.3 Å². The van der Waals surface area contributed by atoms with Gasteiger partial charge >= 0.3 is 0 Å². The van der Waals surface area contributed by atoms with Gasteiger partial charge in [-0.25, -0.2) is 0 Å². The summed E-state index contributed by atoms with van der Waals surface area (Å²) in [6.45, 7) is 32.0. The number of ketones is 2. The lowest BCUT2D eigenvalue weighted by atomic mass is 9.79. The van der Waals surface area contributed by atoms with E-state index in [1.165, 1.54) is 44.9 Å². The van der Waals surface area contributed by atoms with Crippen LogP contribution in [0.25, 0.3) is 0 Å². The zero-order chi connectivity index (χ0) is 43.2. The molecule has 0 bridgehead atoms. The Labute approximate surface area is 356 Å². The normalized spacial score (nSPS) is 18.1. The maximum atomic E-state index is 11.4. The number of carbonyl (C=O) groups excluding carboxylic acids is 6. The molecule has 4 heterocycles. The third-order valence-electron chi connectivity index (χ3n) is 11.0. The molecule has 0 aromatic heterocycles. The molecule has 4 amide bonds. The summed E-state index contributed by atoms with van der Waals surface area (Å²) in [4.78, 5) is 74.7. The van der Waals surface area contributed by atoms with E-state index in [-0.39, 0.29) is 31.1 Å². The lowest BCUT2D eigenvalue weighted by molar-refractivity contribution is -0.138. The predicted molar refractivity (Wildman–Crippen MR) is 239 cm³/mol. The molecule has 0 aromatic rings. The first kappa shape index (κ1) is 55.2. The molecule has 0 radical (unpaired) electrons. The van der Waals surface area contributed by atoms with Gasteiger partial charge in [-0.05, 0) is 76.0 Å². The predicted octanol–water partition coefficient (Wildman–Crippen LogP) is 9.33. The van der Waals surface area contributed by atoms with Crippen LogP contribution in [0.5, 0.6) is 0 Å². The maximum absolute atomic E-state index is 11.4. The van der Waals surface area contributed by atoms with E-state index in [1.807, 2.05) is 75.0 Å². The second-order valence-electron chi connectivity index (χ2n) is 19.1. The Balaban J connectivity index is 0.000000671. The summed E-state index contributed by atoms with van der Waals surface area (Å²) in [5.41, 5.74) is 0. The van der Waals surface area contributed by atoms with Crippen molar-refractivity contribution in [1.82, 2.24) is 19.6 Å². The van der Waals surface area contributed by atoms with Crippen LogP contribution in [0.15, 0.2) is 0 Å². The number of nitrogens with zero attached hydrogens (tertiary/aromatic N) is 4. The fourth-order valence-corrected chi connectivity index (χ4v) is 6.70. The number of amides is 4. The molecule has 2 saturated carbocycles. The van der Waals surface area contributed by atoms with Crippen LogP contribution in [0.1, 0.15) is 174 Å². The Kier molecular flexibility index (Phi) is 28.0. The molecule has 6 aliphatic rings. The van der Waals surface area contributed by atoms with Gasteiger partial charge < -0.3 is 19.6 Å². The highest BCUT2D eigenvalue weighted by Crippen LogP contribution is 2.32. The van der Waals surface area contributed by atoms with Gasteiger partial charge in [-0.1, -0.05) is 96.9 Å². The first-order chi connectivity index (χ1) is 26.8. The number of likely N-dealkylation sites (tertiary alicyclic amines) is 4. The SMILES string of the molecule is C.CC(C)C(=O)C1CC1.CC(C)C(=O)C1CCC1.CC(C)C(=O)N1CCC1.CC(C)C(=O)N1CCCC1.CC(C)CC(=O)N1CCC1.CC(C)CC(=O)N1CCCC1. The number of hydrogen-bond acceptors (Lipinski definition) is 6. The van der Waals surface area contributed by atoms with Crippen molar-refractivity contribution in [3.63, 3.8) is 0 Å². The molecule has 0 N–H and O–H groups in total. The lowest BCUT2D eigenvalue weighted by Gasteiger charge is -2.32. The van der Waals surface area contributed by atoms with Crippen LogP contribution in [0.2, 0.25) is 0 Å². The minimum absolute atomic E-state index is 0. The third kappa shape index (κ3) is 22.6. The number of rotatable bonds is 10. The van der Waals surface area contributed by atoms with E-state index in [4.69, 9.17) is 0 Å². The van der Waals surface area contributed by atoms with Crippen LogP contribution < -0.4 is 0 Å². The summed E-state index contributed by atoms with van der Waals surface area (Å²) in [5.74, 6) is 5.03. The summed E-state index contributed by atoms with van der Waals surface area (Å²) < 4.78 is 0. The Morgan fingerprint density at radius 3 is 0.828 bits per heavy atom. The third-order valence-corrected chi connectivity index (χ3v) is 11.0. The summed E-state index contributed by atoms with van der Waals surface area (Å²) in [6, 6.07) is 0. The first-order valence-corrected chi connectivity index (χ1v) is 23.0. The van der Waals surface area contributed by atoms with E-state index >= 15 is 0 Å². The van der Waals surface area contributed by atoms with Crippen molar-refractivity contribution >= 4 is 35.2 Å².